The van der Waals surface area contributed by atoms with Crippen molar-refractivity contribution in [2.45, 2.75) is 32.3 Å². The highest BCUT2D eigenvalue weighted by Crippen LogP contribution is 2.34. The fourth-order valence-electron chi connectivity index (χ4n) is 1.08. The van der Waals surface area contributed by atoms with E-state index in [1.807, 2.05) is 6.92 Å². The van der Waals surface area contributed by atoms with Crippen LogP contribution in [0.3, 0.4) is 0 Å². The molecule has 60 valence electrons. The van der Waals surface area contributed by atoms with Crippen molar-refractivity contribution in [3.05, 3.63) is 0 Å². The van der Waals surface area contributed by atoms with Crippen LogP contribution in [0.25, 0.3) is 0 Å². The molecule has 0 saturated heterocycles. The van der Waals surface area contributed by atoms with Crippen LogP contribution in [0.1, 0.15) is 26.2 Å². The molecular formula is C8H17NO. The minimum absolute atomic E-state index is 0.155. The van der Waals surface area contributed by atoms with Crippen LogP contribution in [0.4, 0.5) is 0 Å². The lowest BCUT2D eigenvalue weighted by Crippen LogP contribution is -2.25. The Hall–Kier alpha value is -0.0800. The number of hydrogen-bond acceptors (Lipinski definition) is 2. The van der Waals surface area contributed by atoms with Crippen molar-refractivity contribution >= 4 is 0 Å². The summed E-state index contributed by atoms with van der Waals surface area (Å²) in [6.45, 7) is 2.61. The summed E-state index contributed by atoms with van der Waals surface area (Å²) >= 11 is 0. The summed E-state index contributed by atoms with van der Waals surface area (Å²) in [6, 6.07) is 0. The molecule has 1 aliphatic rings. The lowest BCUT2D eigenvalue weighted by Gasteiger charge is -2.15. The minimum atomic E-state index is -0.155. The fraction of sp³-hybridized carbons (Fsp3) is 1.00. The Bertz CT molecular complexity index is 101. The zero-order chi connectivity index (χ0) is 7.56. The van der Waals surface area contributed by atoms with E-state index in [0.717, 1.165) is 12.3 Å². The first-order chi connectivity index (χ1) is 4.74. The summed E-state index contributed by atoms with van der Waals surface area (Å²) in [7, 11) is 0. The Balaban J connectivity index is 2.11. The Morgan fingerprint density at radius 1 is 1.60 bits per heavy atom. The van der Waals surface area contributed by atoms with Gasteiger partial charge in [-0.2, -0.15) is 0 Å². The Morgan fingerprint density at radius 2 is 2.20 bits per heavy atom. The van der Waals surface area contributed by atoms with E-state index < -0.39 is 0 Å². The van der Waals surface area contributed by atoms with E-state index in [1.54, 1.807) is 0 Å². The SMILES string of the molecule is C[C@@H](CN)C(O)CC1CC1. The van der Waals surface area contributed by atoms with Crippen molar-refractivity contribution in [2.75, 3.05) is 6.54 Å². The summed E-state index contributed by atoms with van der Waals surface area (Å²) in [6.07, 6.45) is 3.44. The molecule has 0 heterocycles. The van der Waals surface area contributed by atoms with Gasteiger partial charge in [-0.3, -0.25) is 0 Å². The maximum atomic E-state index is 9.45. The molecule has 1 saturated carbocycles. The maximum absolute atomic E-state index is 9.45. The van der Waals surface area contributed by atoms with Gasteiger partial charge in [-0.1, -0.05) is 19.8 Å². The van der Waals surface area contributed by atoms with Crippen molar-refractivity contribution < 1.29 is 5.11 Å². The van der Waals surface area contributed by atoms with Crippen molar-refractivity contribution in [2.24, 2.45) is 17.6 Å². The largest absolute Gasteiger partial charge is 0.393 e. The standard InChI is InChI=1S/C8H17NO/c1-6(5-9)8(10)4-7-2-3-7/h6-8,10H,2-5,9H2,1H3/t6-,8?/m0/s1. The molecule has 0 aromatic carbocycles. The molecule has 0 bridgehead atoms. The molecule has 0 aromatic rings. The smallest absolute Gasteiger partial charge is 0.0580 e. The van der Waals surface area contributed by atoms with Gasteiger partial charge in [-0.25, -0.2) is 0 Å². The van der Waals surface area contributed by atoms with E-state index in [4.69, 9.17) is 5.73 Å². The van der Waals surface area contributed by atoms with E-state index in [-0.39, 0.29) is 12.0 Å². The van der Waals surface area contributed by atoms with Gasteiger partial charge in [0, 0.05) is 0 Å². The third-order valence-electron chi connectivity index (χ3n) is 2.30. The monoisotopic (exact) mass is 143 g/mol. The number of aliphatic hydroxyl groups is 1. The molecule has 0 aliphatic heterocycles. The summed E-state index contributed by atoms with van der Waals surface area (Å²) in [5.74, 6) is 1.09. The number of nitrogens with two attached hydrogens (primary N) is 1. The summed E-state index contributed by atoms with van der Waals surface area (Å²) in [5.41, 5.74) is 5.41. The molecule has 0 aromatic heterocycles. The second kappa shape index (κ2) is 3.35. The predicted octanol–water partition coefficient (Wildman–Crippen LogP) is 0.742. The van der Waals surface area contributed by atoms with Gasteiger partial charge >= 0.3 is 0 Å². The molecule has 2 atom stereocenters. The quantitative estimate of drug-likeness (QED) is 0.609. The Morgan fingerprint density at radius 3 is 2.60 bits per heavy atom. The molecule has 3 N–H and O–H groups in total. The van der Waals surface area contributed by atoms with E-state index in [9.17, 15) is 5.11 Å². The van der Waals surface area contributed by atoms with E-state index >= 15 is 0 Å². The molecule has 1 fully saturated rings. The topological polar surface area (TPSA) is 46.2 Å². The van der Waals surface area contributed by atoms with Gasteiger partial charge in [0.1, 0.15) is 0 Å². The van der Waals surface area contributed by atoms with Crippen LogP contribution in [0.15, 0.2) is 0 Å². The molecule has 0 spiro atoms. The van der Waals surface area contributed by atoms with Crippen LogP contribution in [-0.4, -0.2) is 17.8 Å². The number of hydrogen-bond donors (Lipinski definition) is 2. The molecule has 2 nitrogen and oxygen atoms in total. The van der Waals surface area contributed by atoms with E-state index in [2.05, 4.69) is 0 Å². The van der Waals surface area contributed by atoms with Gasteiger partial charge in [0.15, 0.2) is 0 Å². The second-order valence-electron chi connectivity index (χ2n) is 3.46. The highest BCUT2D eigenvalue weighted by molar-refractivity contribution is 4.78. The lowest BCUT2D eigenvalue weighted by molar-refractivity contribution is 0.105. The second-order valence-corrected chi connectivity index (χ2v) is 3.46. The first kappa shape index (κ1) is 8.02. The van der Waals surface area contributed by atoms with Gasteiger partial charge in [-0.15, -0.1) is 0 Å². The van der Waals surface area contributed by atoms with Gasteiger partial charge in [0.25, 0.3) is 0 Å². The fourth-order valence-corrected chi connectivity index (χ4v) is 1.08. The van der Waals surface area contributed by atoms with Crippen molar-refractivity contribution in [3.8, 4) is 0 Å². The zero-order valence-corrected chi connectivity index (χ0v) is 6.59. The average Bonchev–Trinajstić information content (AvgIpc) is 2.70. The molecule has 10 heavy (non-hydrogen) atoms. The first-order valence-corrected chi connectivity index (χ1v) is 4.12. The zero-order valence-electron chi connectivity index (χ0n) is 6.59. The molecule has 1 rings (SSSR count). The molecular weight excluding hydrogens is 126 g/mol. The maximum Gasteiger partial charge on any atom is 0.0580 e. The molecule has 1 unspecified atom stereocenters. The Labute approximate surface area is 62.4 Å². The summed E-state index contributed by atoms with van der Waals surface area (Å²) in [4.78, 5) is 0. The van der Waals surface area contributed by atoms with Crippen molar-refractivity contribution in [1.29, 1.82) is 0 Å². The highest BCUT2D eigenvalue weighted by Gasteiger charge is 2.26. The summed E-state index contributed by atoms with van der Waals surface area (Å²) in [5, 5.41) is 9.45. The van der Waals surface area contributed by atoms with Gasteiger partial charge in [0.2, 0.25) is 0 Å². The highest BCUT2D eigenvalue weighted by atomic mass is 16.3. The minimum Gasteiger partial charge on any atom is -0.393 e. The molecule has 2 heteroatoms. The third-order valence-corrected chi connectivity index (χ3v) is 2.30. The van der Waals surface area contributed by atoms with Gasteiger partial charge in [-0.05, 0) is 24.8 Å². The van der Waals surface area contributed by atoms with Crippen LogP contribution in [0, 0.1) is 11.8 Å². The lowest BCUT2D eigenvalue weighted by atomic mass is 10.0. The van der Waals surface area contributed by atoms with Crippen LogP contribution >= 0.6 is 0 Å². The predicted molar refractivity (Wildman–Crippen MR) is 41.6 cm³/mol. The van der Waals surface area contributed by atoms with Crippen LogP contribution in [0.5, 0.6) is 0 Å². The average molecular weight is 143 g/mol. The molecule has 1 aliphatic carbocycles. The molecule has 0 amide bonds. The third kappa shape index (κ3) is 2.27. The first-order valence-electron chi connectivity index (χ1n) is 4.12. The Kier molecular flexibility index (Phi) is 2.69. The van der Waals surface area contributed by atoms with Crippen molar-refractivity contribution in [1.82, 2.24) is 0 Å². The van der Waals surface area contributed by atoms with E-state index in [1.165, 1.54) is 12.8 Å². The van der Waals surface area contributed by atoms with Crippen LogP contribution < -0.4 is 5.73 Å². The van der Waals surface area contributed by atoms with Crippen LogP contribution in [0.2, 0.25) is 0 Å². The van der Waals surface area contributed by atoms with E-state index in [0.29, 0.717) is 6.54 Å². The van der Waals surface area contributed by atoms with Gasteiger partial charge < -0.3 is 10.8 Å². The van der Waals surface area contributed by atoms with Crippen molar-refractivity contribution in [3.63, 3.8) is 0 Å². The molecule has 0 radical (unpaired) electrons. The summed E-state index contributed by atoms with van der Waals surface area (Å²) < 4.78 is 0. The normalized spacial score (nSPS) is 24.3. The number of rotatable bonds is 4. The number of aliphatic hydroxyl groups excluding tert-OH is 1. The van der Waals surface area contributed by atoms with Gasteiger partial charge in [0.05, 0.1) is 6.10 Å². The van der Waals surface area contributed by atoms with Crippen LogP contribution in [-0.2, 0) is 0 Å².